The Labute approximate surface area is 187 Å². The van der Waals surface area contributed by atoms with E-state index in [0.717, 1.165) is 22.8 Å². The van der Waals surface area contributed by atoms with E-state index in [1.54, 1.807) is 44.4 Å². The van der Waals surface area contributed by atoms with Crippen molar-refractivity contribution in [3.8, 4) is 34.4 Å². The Hall–Kier alpha value is -3.81. The van der Waals surface area contributed by atoms with Crippen molar-refractivity contribution >= 4 is 5.91 Å². The number of amides is 1. The van der Waals surface area contributed by atoms with E-state index in [1.165, 1.54) is 0 Å². The fourth-order valence-electron chi connectivity index (χ4n) is 2.83. The lowest BCUT2D eigenvalue weighted by Crippen LogP contribution is -2.38. The van der Waals surface area contributed by atoms with Gasteiger partial charge in [0, 0.05) is 11.6 Å². The van der Waals surface area contributed by atoms with Crippen LogP contribution in [0.1, 0.15) is 13.8 Å². The van der Waals surface area contributed by atoms with Crippen LogP contribution in [-0.2, 0) is 4.79 Å². The zero-order chi connectivity index (χ0) is 22.8. The van der Waals surface area contributed by atoms with Gasteiger partial charge in [0.15, 0.2) is 6.10 Å². The van der Waals surface area contributed by atoms with Gasteiger partial charge >= 0.3 is 0 Å². The fourth-order valence-corrected chi connectivity index (χ4v) is 2.83. The minimum absolute atomic E-state index is 0.235. The van der Waals surface area contributed by atoms with E-state index in [-0.39, 0.29) is 12.5 Å². The molecule has 1 unspecified atom stereocenters. The molecule has 3 aromatic rings. The summed E-state index contributed by atoms with van der Waals surface area (Å²) in [4.78, 5) is 12.2. The summed E-state index contributed by atoms with van der Waals surface area (Å²) in [5.41, 5.74) is 1.67. The van der Waals surface area contributed by atoms with Crippen LogP contribution in [0.4, 0.5) is 0 Å². The van der Waals surface area contributed by atoms with Gasteiger partial charge in [-0.15, -0.1) is 10.2 Å². The van der Waals surface area contributed by atoms with Gasteiger partial charge in [-0.05, 0) is 68.4 Å². The summed E-state index contributed by atoms with van der Waals surface area (Å²) < 4.78 is 21.7. The number of aromatic nitrogens is 2. The van der Waals surface area contributed by atoms with Crippen LogP contribution >= 0.6 is 0 Å². The van der Waals surface area contributed by atoms with E-state index in [0.29, 0.717) is 24.8 Å². The van der Waals surface area contributed by atoms with Gasteiger partial charge in [0.05, 0.1) is 26.0 Å². The third-order valence-electron chi connectivity index (χ3n) is 4.49. The molecule has 8 heteroatoms. The van der Waals surface area contributed by atoms with E-state index < -0.39 is 6.10 Å². The minimum atomic E-state index is -0.642. The summed E-state index contributed by atoms with van der Waals surface area (Å²) in [7, 11) is 1.59. The standard InChI is InChI=1S/C24H27N3O5/c1-4-30-20-7-5-18(6-8-20)22-13-14-23(27-26-22)31-16-15-25-24(28)17(2)32-21-11-9-19(29-3)10-12-21/h5-14,17H,4,15-16H2,1-3H3,(H,25,28). The molecule has 2 aromatic carbocycles. The molecule has 168 valence electrons. The molecule has 0 aliphatic carbocycles. The summed E-state index contributed by atoms with van der Waals surface area (Å²) >= 11 is 0. The Morgan fingerprint density at radius 3 is 2.22 bits per heavy atom. The molecule has 3 rings (SSSR count). The number of ether oxygens (including phenoxy) is 4. The molecule has 0 bridgehead atoms. The van der Waals surface area contributed by atoms with Gasteiger partial charge in [-0.2, -0.15) is 0 Å². The third kappa shape index (κ3) is 6.60. The lowest BCUT2D eigenvalue weighted by atomic mass is 10.1. The molecular weight excluding hydrogens is 410 g/mol. The predicted octanol–water partition coefficient (Wildman–Crippen LogP) is 3.51. The number of rotatable bonds is 11. The van der Waals surface area contributed by atoms with Crippen molar-refractivity contribution in [2.24, 2.45) is 0 Å². The molecule has 1 aromatic heterocycles. The van der Waals surface area contributed by atoms with Crippen LogP contribution in [-0.4, -0.2) is 49.1 Å². The van der Waals surface area contributed by atoms with E-state index >= 15 is 0 Å². The summed E-state index contributed by atoms with van der Waals surface area (Å²) in [6.07, 6.45) is -0.642. The highest BCUT2D eigenvalue weighted by Crippen LogP contribution is 2.21. The number of hydrogen-bond acceptors (Lipinski definition) is 7. The fraction of sp³-hybridized carbons (Fsp3) is 0.292. The number of nitrogens with one attached hydrogen (secondary N) is 1. The zero-order valence-corrected chi connectivity index (χ0v) is 18.4. The van der Waals surface area contributed by atoms with Gasteiger partial charge in [-0.25, -0.2) is 0 Å². The number of carbonyl (C=O) groups is 1. The van der Waals surface area contributed by atoms with E-state index in [2.05, 4.69) is 15.5 Å². The Morgan fingerprint density at radius 1 is 0.906 bits per heavy atom. The minimum Gasteiger partial charge on any atom is -0.497 e. The first-order chi connectivity index (χ1) is 15.6. The molecule has 0 aliphatic heterocycles. The quantitative estimate of drug-likeness (QED) is 0.459. The SMILES string of the molecule is CCOc1ccc(-c2ccc(OCCNC(=O)C(C)Oc3ccc(OC)cc3)nn2)cc1. The number of benzene rings is 2. The molecule has 8 nitrogen and oxygen atoms in total. The first-order valence-corrected chi connectivity index (χ1v) is 10.4. The summed E-state index contributed by atoms with van der Waals surface area (Å²) in [5, 5.41) is 11.1. The van der Waals surface area contributed by atoms with E-state index in [1.807, 2.05) is 37.3 Å². The lowest BCUT2D eigenvalue weighted by Gasteiger charge is -2.15. The van der Waals surface area contributed by atoms with Crippen LogP contribution in [0.25, 0.3) is 11.3 Å². The molecule has 1 atom stereocenters. The van der Waals surface area contributed by atoms with Crippen molar-refractivity contribution in [3.05, 3.63) is 60.7 Å². The second kappa shape index (κ2) is 11.5. The van der Waals surface area contributed by atoms with Gasteiger partial charge in [0.25, 0.3) is 5.91 Å². The second-order valence-corrected chi connectivity index (χ2v) is 6.79. The lowest BCUT2D eigenvalue weighted by molar-refractivity contribution is -0.127. The Morgan fingerprint density at radius 2 is 1.59 bits per heavy atom. The molecular formula is C24H27N3O5. The number of nitrogens with zero attached hydrogens (tertiary/aromatic N) is 2. The summed E-state index contributed by atoms with van der Waals surface area (Å²) in [5.74, 6) is 2.28. The van der Waals surface area contributed by atoms with Gasteiger partial charge in [-0.3, -0.25) is 4.79 Å². The van der Waals surface area contributed by atoms with Crippen molar-refractivity contribution < 1.29 is 23.7 Å². The number of carbonyl (C=O) groups excluding carboxylic acids is 1. The van der Waals surface area contributed by atoms with E-state index in [9.17, 15) is 4.79 Å². The predicted molar refractivity (Wildman–Crippen MR) is 120 cm³/mol. The molecule has 0 radical (unpaired) electrons. The van der Waals surface area contributed by atoms with Gasteiger partial charge in [0.2, 0.25) is 5.88 Å². The normalized spacial score (nSPS) is 11.3. The van der Waals surface area contributed by atoms with Crippen molar-refractivity contribution in [1.29, 1.82) is 0 Å². The maximum absolute atomic E-state index is 12.2. The number of methoxy groups -OCH3 is 1. The van der Waals surface area contributed by atoms with Crippen molar-refractivity contribution in [3.63, 3.8) is 0 Å². The average molecular weight is 437 g/mol. The Kier molecular flexibility index (Phi) is 8.25. The largest absolute Gasteiger partial charge is 0.497 e. The van der Waals surface area contributed by atoms with Crippen LogP contribution < -0.4 is 24.3 Å². The van der Waals surface area contributed by atoms with E-state index in [4.69, 9.17) is 18.9 Å². The Bertz CT molecular complexity index is 976. The highest BCUT2D eigenvalue weighted by atomic mass is 16.5. The molecule has 1 heterocycles. The summed E-state index contributed by atoms with van der Waals surface area (Å²) in [6, 6.07) is 18.3. The van der Waals surface area contributed by atoms with Crippen LogP contribution in [0, 0.1) is 0 Å². The molecule has 0 fully saturated rings. The molecule has 0 aliphatic rings. The highest BCUT2D eigenvalue weighted by Gasteiger charge is 2.14. The highest BCUT2D eigenvalue weighted by molar-refractivity contribution is 5.80. The third-order valence-corrected chi connectivity index (χ3v) is 4.49. The van der Waals surface area contributed by atoms with Crippen LogP contribution in [0.3, 0.4) is 0 Å². The number of hydrogen-bond donors (Lipinski definition) is 1. The van der Waals surface area contributed by atoms with Gasteiger partial charge in [0.1, 0.15) is 23.9 Å². The maximum Gasteiger partial charge on any atom is 0.260 e. The molecule has 0 saturated heterocycles. The summed E-state index contributed by atoms with van der Waals surface area (Å²) in [6.45, 7) is 4.84. The first-order valence-electron chi connectivity index (χ1n) is 10.4. The van der Waals surface area contributed by atoms with Crippen LogP contribution in [0.15, 0.2) is 60.7 Å². The zero-order valence-electron chi connectivity index (χ0n) is 18.4. The smallest absolute Gasteiger partial charge is 0.260 e. The monoisotopic (exact) mass is 437 g/mol. The molecule has 32 heavy (non-hydrogen) atoms. The van der Waals surface area contributed by atoms with Crippen molar-refractivity contribution in [1.82, 2.24) is 15.5 Å². The van der Waals surface area contributed by atoms with Crippen LogP contribution in [0.5, 0.6) is 23.1 Å². The molecule has 0 spiro atoms. The molecule has 1 amide bonds. The Balaban J connectivity index is 1.40. The van der Waals surface area contributed by atoms with Gasteiger partial charge < -0.3 is 24.3 Å². The first kappa shape index (κ1) is 22.9. The van der Waals surface area contributed by atoms with Crippen molar-refractivity contribution in [2.75, 3.05) is 26.9 Å². The maximum atomic E-state index is 12.2. The molecule has 0 saturated carbocycles. The van der Waals surface area contributed by atoms with Gasteiger partial charge in [-0.1, -0.05) is 0 Å². The van der Waals surface area contributed by atoms with Crippen molar-refractivity contribution in [2.45, 2.75) is 20.0 Å². The topological polar surface area (TPSA) is 91.8 Å². The molecule has 1 N–H and O–H groups in total. The second-order valence-electron chi connectivity index (χ2n) is 6.79. The van der Waals surface area contributed by atoms with Crippen LogP contribution in [0.2, 0.25) is 0 Å². The average Bonchev–Trinajstić information content (AvgIpc) is 2.83.